The summed E-state index contributed by atoms with van der Waals surface area (Å²) >= 11 is 5.94. The highest BCUT2D eigenvalue weighted by Crippen LogP contribution is 2.29. The average molecular weight is 365 g/mol. The minimum atomic E-state index is -0.00754. The third-order valence-electron chi connectivity index (χ3n) is 4.28. The monoisotopic (exact) mass is 364 g/mol. The lowest BCUT2D eigenvalue weighted by Gasteiger charge is -2.03. The van der Waals surface area contributed by atoms with E-state index in [1.54, 1.807) is 0 Å². The number of carbonyl (C=O) groups is 1. The molecule has 0 spiro atoms. The average Bonchev–Trinajstić information content (AvgIpc) is 3.29. The fraction of sp³-hybridized carbons (Fsp3) is 0.100. The summed E-state index contributed by atoms with van der Waals surface area (Å²) in [5.41, 5.74) is 4.74. The summed E-state index contributed by atoms with van der Waals surface area (Å²) in [4.78, 5) is 14.9. The van der Waals surface area contributed by atoms with E-state index in [2.05, 4.69) is 21.5 Å². The second-order valence-electron chi connectivity index (χ2n) is 6.01. The van der Waals surface area contributed by atoms with Crippen molar-refractivity contribution in [1.82, 2.24) is 14.8 Å². The van der Waals surface area contributed by atoms with Crippen molar-refractivity contribution < 1.29 is 4.79 Å². The quantitative estimate of drug-likeness (QED) is 0.534. The van der Waals surface area contributed by atoms with Crippen molar-refractivity contribution in [2.75, 3.05) is 5.32 Å². The lowest BCUT2D eigenvalue weighted by atomic mass is 10.1. The van der Waals surface area contributed by atoms with Gasteiger partial charge in [0.1, 0.15) is 0 Å². The molecule has 0 fully saturated rings. The normalized spacial score (nSPS) is 11.0. The molecule has 26 heavy (non-hydrogen) atoms. The SMILES string of the molecule is CCC(=O)Nc1c[nH]c2ccc(-c3cnn(-c4ccc(Cl)cc4)c3)cc12. The fourth-order valence-electron chi connectivity index (χ4n) is 2.85. The van der Waals surface area contributed by atoms with Crippen molar-refractivity contribution in [3.8, 4) is 16.8 Å². The van der Waals surface area contributed by atoms with Gasteiger partial charge in [-0.25, -0.2) is 4.68 Å². The molecule has 2 heterocycles. The second kappa shape index (κ2) is 6.69. The number of fused-ring (bicyclic) bond motifs is 1. The van der Waals surface area contributed by atoms with Gasteiger partial charge in [0.05, 0.1) is 17.6 Å². The van der Waals surface area contributed by atoms with Crippen LogP contribution in [0.4, 0.5) is 5.69 Å². The van der Waals surface area contributed by atoms with E-state index in [0.717, 1.165) is 33.4 Å². The number of carbonyl (C=O) groups excluding carboxylic acids is 1. The van der Waals surface area contributed by atoms with Crippen molar-refractivity contribution in [3.05, 3.63) is 66.1 Å². The van der Waals surface area contributed by atoms with Crippen molar-refractivity contribution in [2.24, 2.45) is 0 Å². The fourth-order valence-corrected chi connectivity index (χ4v) is 2.98. The largest absolute Gasteiger partial charge is 0.359 e. The Balaban J connectivity index is 1.69. The smallest absolute Gasteiger partial charge is 0.224 e. The molecule has 0 saturated heterocycles. The van der Waals surface area contributed by atoms with Gasteiger partial charge in [-0.2, -0.15) is 5.10 Å². The molecule has 2 N–H and O–H groups in total. The molecule has 0 unspecified atom stereocenters. The van der Waals surface area contributed by atoms with Gasteiger partial charge in [-0.05, 0) is 42.0 Å². The lowest BCUT2D eigenvalue weighted by molar-refractivity contribution is -0.115. The third-order valence-corrected chi connectivity index (χ3v) is 4.54. The number of benzene rings is 2. The minimum Gasteiger partial charge on any atom is -0.359 e. The first-order valence-corrected chi connectivity index (χ1v) is 8.74. The number of nitrogens with one attached hydrogen (secondary N) is 2. The molecule has 1 amide bonds. The number of halogens is 1. The molecule has 5 nitrogen and oxygen atoms in total. The number of rotatable bonds is 4. The molecule has 0 saturated carbocycles. The van der Waals surface area contributed by atoms with Gasteiger partial charge in [-0.3, -0.25) is 4.79 Å². The van der Waals surface area contributed by atoms with E-state index in [-0.39, 0.29) is 5.91 Å². The van der Waals surface area contributed by atoms with Crippen LogP contribution >= 0.6 is 11.6 Å². The zero-order chi connectivity index (χ0) is 18.1. The third kappa shape index (κ3) is 3.09. The van der Waals surface area contributed by atoms with Gasteiger partial charge >= 0.3 is 0 Å². The van der Waals surface area contributed by atoms with Crippen molar-refractivity contribution in [3.63, 3.8) is 0 Å². The molecule has 6 heteroatoms. The number of nitrogens with zero attached hydrogens (tertiary/aromatic N) is 2. The van der Waals surface area contributed by atoms with E-state index >= 15 is 0 Å². The Morgan fingerprint density at radius 1 is 1.19 bits per heavy atom. The van der Waals surface area contributed by atoms with Gasteiger partial charge < -0.3 is 10.3 Å². The zero-order valence-corrected chi connectivity index (χ0v) is 14.9. The summed E-state index contributed by atoms with van der Waals surface area (Å²) in [7, 11) is 0. The summed E-state index contributed by atoms with van der Waals surface area (Å²) in [6, 6.07) is 13.6. The molecule has 0 aliphatic carbocycles. The molecule has 130 valence electrons. The molecule has 0 aliphatic heterocycles. The minimum absolute atomic E-state index is 0.00754. The predicted molar refractivity (Wildman–Crippen MR) is 105 cm³/mol. The van der Waals surface area contributed by atoms with Crippen LogP contribution in [0.15, 0.2) is 61.1 Å². The maximum Gasteiger partial charge on any atom is 0.224 e. The first-order chi connectivity index (χ1) is 12.6. The molecular weight excluding hydrogens is 348 g/mol. The van der Waals surface area contributed by atoms with Crippen LogP contribution in [-0.2, 0) is 4.79 Å². The summed E-state index contributed by atoms with van der Waals surface area (Å²) in [6.07, 6.45) is 6.06. The number of H-pyrrole nitrogens is 1. The first-order valence-electron chi connectivity index (χ1n) is 8.36. The first kappa shape index (κ1) is 16.4. The van der Waals surface area contributed by atoms with E-state index in [0.29, 0.717) is 11.4 Å². The van der Waals surface area contributed by atoms with Gasteiger partial charge in [-0.15, -0.1) is 0 Å². The Morgan fingerprint density at radius 3 is 2.77 bits per heavy atom. The van der Waals surface area contributed by atoms with Crippen molar-refractivity contribution in [2.45, 2.75) is 13.3 Å². The molecule has 0 radical (unpaired) electrons. The van der Waals surface area contributed by atoms with Gasteiger partial charge in [0.25, 0.3) is 0 Å². The van der Waals surface area contributed by atoms with Gasteiger partial charge in [0.15, 0.2) is 0 Å². The predicted octanol–water partition coefficient (Wildman–Crippen LogP) is 5.02. The number of hydrogen-bond acceptors (Lipinski definition) is 2. The van der Waals surface area contributed by atoms with E-state index in [4.69, 9.17) is 11.6 Å². The van der Waals surface area contributed by atoms with Crippen molar-refractivity contribution in [1.29, 1.82) is 0 Å². The number of aromatic amines is 1. The number of amides is 1. The topological polar surface area (TPSA) is 62.7 Å². The van der Waals surface area contributed by atoms with E-state index < -0.39 is 0 Å². The standard InChI is InChI=1S/C20H17ClN4O/c1-2-20(26)24-19-11-22-18-8-3-13(9-17(18)19)14-10-23-25(12-14)16-6-4-15(21)5-7-16/h3-12,22H,2H2,1H3,(H,24,26). The second-order valence-corrected chi connectivity index (χ2v) is 6.45. The van der Waals surface area contributed by atoms with Crippen LogP contribution in [-0.4, -0.2) is 20.7 Å². The van der Waals surface area contributed by atoms with Crippen LogP contribution in [0.25, 0.3) is 27.7 Å². The van der Waals surface area contributed by atoms with Crippen LogP contribution in [0.2, 0.25) is 5.02 Å². The number of aromatic nitrogens is 3. The van der Waals surface area contributed by atoms with Crippen LogP contribution in [0.1, 0.15) is 13.3 Å². The number of anilines is 1. The molecule has 0 aliphatic rings. The zero-order valence-electron chi connectivity index (χ0n) is 14.2. The maximum absolute atomic E-state index is 11.7. The van der Waals surface area contributed by atoms with Crippen LogP contribution in [0, 0.1) is 0 Å². The Labute approximate surface area is 155 Å². The van der Waals surface area contributed by atoms with Crippen LogP contribution in [0.5, 0.6) is 0 Å². The van der Waals surface area contributed by atoms with E-state index in [1.165, 1.54) is 0 Å². The highest BCUT2D eigenvalue weighted by atomic mass is 35.5. The highest BCUT2D eigenvalue weighted by Gasteiger charge is 2.09. The van der Waals surface area contributed by atoms with Gasteiger partial charge in [0, 0.05) is 40.3 Å². The maximum atomic E-state index is 11.7. The molecule has 4 rings (SSSR count). The Bertz CT molecular complexity index is 1080. The molecular formula is C20H17ClN4O. The summed E-state index contributed by atoms with van der Waals surface area (Å²) < 4.78 is 1.81. The highest BCUT2D eigenvalue weighted by molar-refractivity contribution is 6.30. The summed E-state index contributed by atoms with van der Waals surface area (Å²) in [6.45, 7) is 1.83. The Hall–Kier alpha value is -3.05. The Morgan fingerprint density at radius 2 is 2.00 bits per heavy atom. The van der Waals surface area contributed by atoms with Gasteiger partial charge in [0.2, 0.25) is 5.91 Å². The van der Waals surface area contributed by atoms with Crippen molar-refractivity contribution >= 4 is 34.1 Å². The lowest BCUT2D eigenvalue weighted by Crippen LogP contribution is -2.08. The van der Waals surface area contributed by atoms with E-state index in [1.807, 2.05) is 66.6 Å². The molecule has 4 aromatic rings. The van der Waals surface area contributed by atoms with Gasteiger partial charge in [-0.1, -0.05) is 24.6 Å². The molecule has 0 atom stereocenters. The Kier molecular flexibility index (Phi) is 4.22. The molecule has 0 bridgehead atoms. The summed E-state index contributed by atoms with van der Waals surface area (Å²) in [5, 5.41) is 9.04. The number of hydrogen-bond donors (Lipinski definition) is 2. The van der Waals surface area contributed by atoms with Crippen LogP contribution < -0.4 is 5.32 Å². The molecule has 2 aromatic carbocycles. The van der Waals surface area contributed by atoms with E-state index in [9.17, 15) is 4.79 Å². The molecule has 2 aromatic heterocycles. The summed E-state index contributed by atoms with van der Waals surface area (Å²) in [5.74, 6) is -0.00754. The van der Waals surface area contributed by atoms with Crippen LogP contribution in [0.3, 0.4) is 0 Å².